The van der Waals surface area contributed by atoms with Crippen molar-refractivity contribution in [1.82, 2.24) is 15.0 Å². The van der Waals surface area contributed by atoms with E-state index in [1.165, 1.54) is 29.5 Å². The minimum absolute atomic E-state index is 0.271. The number of aromatic amines is 1. The van der Waals surface area contributed by atoms with Crippen LogP contribution in [-0.2, 0) is 4.84 Å². The number of allylic oxidation sites excluding steroid dienone is 1. The maximum Gasteiger partial charge on any atom is 0.127 e. The van der Waals surface area contributed by atoms with Crippen LogP contribution in [0.4, 0.5) is 0 Å². The third kappa shape index (κ3) is 1.97. The van der Waals surface area contributed by atoms with Crippen LogP contribution in [-0.4, -0.2) is 28.1 Å². The first-order valence-electron chi connectivity index (χ1n) is 7.67. The van der Waals surface area contributed by atoms with Gasteiger partial charge < -0.3 is 9.82 Å². The van der Waals surface area contributed by atoms with Crippen molar-refractivity contribution in [3.63, 3.8) is 0 Å². The third-order valence-corrected chi connectivity index (χ3v) is 4.69. The van der Waals surface area contributed by atoms with E-state index in [0.29, 0.717) is 5.92 Å². The van der Waals surface area contributed by atoms with E-state index in [4.69, 9.17) is 9.82 Å². The number of likely N-dealkylation sites (N-methyl/N-ethyl adjacent to an activating group) is 1. The lowest BCUT2D eigenvalue weighted by molar-refractivity contribution is -0.0883. The summed E-state index contributed by atoms with van der Waals surface area (Å²) in [4.78, 5) is 14.0. The average molecular weight is 283 g/mol. The van der Waals surface area contributed by atoms with Gasteiger partial charge in [0.2, 0.25) is 0 Å². The van der Waals surface area contributed by atoms with E-state index in [1.807, 2.05) is 19.0 Å². The highest BCUT2D eigenvalue weighted by atomic mass is 16.7. The van der Waals surface area contributed by atoms with Crippen LogP contribution in [0.2, 0.25) is 0 Å². The molecule has 4 nitrogen and oxygen atoms in total. The molecule has 1 unspecified atom stereocenters. The third-order valence-electron chi connectivity index (χ3n) is 4.69. The van der Waals surface area contributed by atoms with Crippen molar-refractivity contribution in [2.45, 2.75) is 45.6 Å². The Kier molecular flexibility index (Phi) is 2.67. The second-order valence-electron chi connectivity index (χ2n) is 6.37. The molecule has 0 radical (unpaired) electrons. The fraction of sp³-hybridized carbons (Fsp3) is 0.471. The van der Waals surface area contributed by atoms with Gasteiger partial charge in [0.15, 0.2) is 0 Å². The quantitative estimate of drug-likeness (QED) is 0.912. The summed E-state index contributed by atoms with van der Waals surface area (Å²) in [5, 5.41) is 1.91. The molecule has 1 atom stereocenters. The van der Waals surface area contributed by atoms with Gasteiger partial charge in [0.05, 0.1) is 17.1 Å². The smallest absolute Gasteiger partial charge is 0.127 e. The monoisotopic (exact) mass is 283 g/mol. The van der Waals surface area contributed by atoms with Gasteiger partial charge in [-0.3, -0.25) is 0 Å². The van der Waals surface area contributed by atoms with Crippen LogP contribution in [0.1, 0.15) is 49.6 Å². The first-order valence-corrected chi connectivity index (χ1v) is 7.67. The summed E-state index contributed by atoms with van der Waals surface area (Å²) in [7, 11) is 1.98. The Bertz CT molecular complexity index is 755. The van der Waals surface area contributed by atoms with Crippen molar-refractivity contribution in [3.05, 3.63) is 34.8 Å². The Balaban J connectivity index is 1.84. The van der Waals surface area contributed by atoms with Gasteiger partial charge in [-0.15, -0.1) is 5.06 Å². The molecule has 2 aromatic rings. The number of nitrogens with zero attached hydrogens (tertiary/aromatic N) is 2. The Labute approximate surface area is 124 Å². The van der Waals surface area contributed by atoms with Crippen LogP contribution < -0.4 is 0 Å². The summed E-state index contributed by atoms with van der Waals surface area (Å²) < 4.78 is 0. The van der Waals surface area contributed by atoms with Gasteiger partial charge in [0, 0.05) is 18.5 Å². The molecule has 1 aromatic heterocycles. The van der Waals surface area contributed by atoms with Gasteiger partial charge in [-0.2, -0.15) is 0 Å². The van der Waals surface area contributed by atoms with Crippen molar-refractivity contribution in [2.75, 3.05) is 7.05 Å². The Morgan fingerprint density at radius 1 is 1.29 bits per heavy atom. The fourth-order valence-electron chi connectivity index (χ4n) is 3.28. The van der Waals surface area contributed by atoms with Crippen LogP contribution in [0, 0.1) is 6.92 Å². The molecule has 21 heavy (non-hydrogen) atoms. The minimum Gasteiger partial charge on any atom is -0.410 e. The van der Waals surface area contributed by atoms with Crippen molar-refractivity contribution in [3.8, 4) is 0 Å². The average Bonchev–Trinajstić information content (AvgIpc) is 3.13. The number of nitrogens with one attached hydrogen (secondary N) is 1. The topological polar surface area (TPSA) is 41.2 Å². The van der Waals surface area contributed by atoms with E-state index in [-0.39, 0.29) is 6.04 Å². The van der Waals surface area contributed by atoms with Crippen molar-refractivity contribution in [1.29, 1.82) is 0 Å². The highest BCUT2D eigenvalue weighted by Gasteiger charge is 2.29. The highest BCUT2D eigenvalue weighted by molar-refractivity contribution is 5.85. The Hall–Kier alpha value is -1.81. The van der Waals surface area contributed by atoms with Crippen LogP contribution in [0.3, 0.4) is 0 Å². The number of hydrogen-bond acceptors (Lipinski definition) is 3. The number of imidazole rings is 1. The van der Waals surface area contributed by atoms with Gasteiger partial charge in [0.25, 0.3) is 0 Å². The van der Waals surface area contributed by atoms with Gasteiger partial charge >= 0.3 is 0 Å². The molecule has 1 aromatic carbocycles. The normalized spacial score (nSPS) is 23.1. The largest absolute Gasteiger partial charge is 0.410 e. The molecule has 1 saturated carbocycles. The molecule has 1 N–H and O–H groups in total. The van der Waals surface area contributed by atoms with Crippen LogP contribution in [0.15, 0.2) is 17.9 Å². The number of hydrogen-bond donors (Lipinski definition) is 1. The molecule has 0 bridgehead atoms. The van der Waals surface area contributed by atoms with E-state index in [1.54, 1.807) is 0 Å². The van der Waals surface area contributed by atoms with Gasteiger partial charge in [-0.25, -0.2) is 4.98 Å². The summed E-state index contributed by atoms with van der Waals surface area (Å²) in [5.41, 5.74) is 5.99. The minimum atomic E-state index is 0.271. The lowest BCUT2D eigenvalue weighted by atomic mass is 9.97. The molecule has 110 valence electrons. The summed E-state index contributed by atoms with van der Waals surface area (Å²) in [5.74, 6) is 2.80. The van der Waals surface area contributed by atoms with Crippen molar-refractivity contribution >= 4 is 16.6 Å². The predicted octanol–water partition coefficient (Wildman–Crippen LogP) is 3.75. The molecule has 2 heterocycles. The SMILES string of the molecule is CC1=C(c2cc(C)c3nc(C4CC4)[nH]c3c2)C(C)N(C)O1. The second kappa shape index (κ2) is 4.34. The predicted molar refractivity (Wildman–Crippen MR) is 83.7 cm³/mol. The number of rotatable bonds is 2. The zero-order valence-corrected chi connectivity index (χ0v) is 13.0. The van der Waals surface area contributed by atoms with E-state index in [2.05, 4.69) is 31.0 Å². The molecule has 0 amide bonds. The first kappa shape index (κ1) is 12.9. The second-order valence-corrected chi connectivity index (χ2v) is 6.37. The Morgan fingerprint density at radius 3 is 2.67 bits per heavy atom. The highest BCUT2D eigenvalue weighted by Crippen LogP contribution is 2.40. The zero-order chi connectivity index (χ0) is 14.7. The lowest BCUT2D eigenvalue weighted by Crippen LogP contribution is -2.22. The molecule has 0 spiro atoms. The molecule has 0 saturated heterocycles. The van der Waals surface area contributed by atoms with Crippen molar-refractivity contribution < 1.29 is 4.84 Å². The Morgan fingerprint density at radius 2 is 2.05 bits per heavy atom. The van der Waals surface area contributed by atoms with Gasteiger partial charge in [-0.1, -0.05) is 0 Å². The first-order chi connectivity index (χ1) is 10.0. The maximum absolute atomic E-state index is 5.73. The standard InChI is InChI=1S/C17H21N3O/c1-9-7-13(15-10(2)20(4)21-11(15)3)8-14-16(9)19-17(18-14)12-5-6-12/h7-8,10,12H,5-6H2,1-4H3,(H,18,19). The molecule has 1 aliphatic heterocycles. The zero-order valence-electron chi connectivity index (χ0n) is 13.0. The number of fused-ring (bicyclic) bond motifs is 1. The molecule has 1 aliphatic carbocycles. The summed E-state index contributed by atoms with van der Waals surface area (Å²) in [6.45, 7) is 6.36. The van der Waals surface area contributed by atoms with Crippen LogP contribution >= 0.6 is 0 Å². The fourth-order valence-corrected chi connectivity index (χ4v) is 3.28. The lowest BCUT2D eigenvalue weighted by Gasteiger charge is -2.15. The van der Waals surface area contributed by atoms with E-state index in [0.717, 1.165) is 22.6 Å². The van der Waals surface area contributed by atoms with E-state index in [9.17, 15) is 0 Å². The number of hydroxylamine groups is 2. The number of aryl methyl sites for hydroxylation is 1. The molecule has 4 heteroatoms. The van der Waals surface area contributed by atoms with Gasteiger partial charge in [0.1, 0.15) is 11.6 Å². The number of aromatic nitrogens is 2. The van der Waals surface area contributed by atoms with Crippen LogP contribution in [0.5, 0.6) is 0 Å². The molecular weight excluding hydrogens is 262 g/mol. The van der Waals surface area contributed by atoms with Crippen molar-refractivity contribution in [2.24, 2.45) is 0 Å². The molecular formula is C17H21N3O. The maximum atomic E-state index is 5.73. The molecule has 2 aliphatic rings. The molecule has 1 fully saturated rings. The van der Waals surface area contributed by atoms with E-state index < -0.39 is 0 Å². The summed E-state index contributed by atoms with van der Waals surface area (Å²) in [6, 6.07) is 4.73. The van der Waals surface area contributed by atoms with Crippen LogP contribution in [0.25, 0.3) is 16.6 Å². The summed E-state index contributed by atoms with van der Waals surface area (Å²) >= 11 is 0. The molecule has 4 rings (SSSR count). The summed E-state index contributed by atoms with van der Waals surface area (Å²) in [6.07, 6.45) is 2.54. The number of H-pyrrole nitrogens is 1. The number of benzene rings is 1. The van der Waals surface area contributed by atoms with E-state index >= 15 is 0 Å². The van der Waals surface area contributed by atoms with Gasteiger partial charge in [-0.05, 0) is 56.9 Å².